The maximum atomic E-state index is 12.8. The van der Waals surface area contributed by atoms with Crippen LogP contribution in [0.15, 0.2) is 36.4 Å². The lowest BCUT2D eigenvalue weighted by atomic mass is 10.0. The fraction of sp³-hybridized carbons (Fsp3) is 0.455. The number of halogens is 5. The average Bonchev–Trinajstić information content (AvgIpc) is 2.65. The highest BCUT2D eigenvalue weighted by molar-refractivity contribution is 7.85. The number of ether oxygens (including phenoxy) is 2. The summed E-state index contributed by atoms with van der Waals surface area (Å²) in [5.41, 5.74) is 0. The Hall–Kier alpha value is -2.44. The van der Waals surface area contributed by atoms with Crippen molar-refractivity contribution in [3.63, 3.8) is 0 Å². The Morgan fingerprint density at radius 2 is 1.26 bits per heavy atom. The van der Waals surface area contributed by atoms with Crippen molar-refractivity contribution >= 4 is 10.1 Å². The number of rotatable bonds is 10. The van der Waals surface area contributed by atoms with Crippen molar-refractivity contribution < 1.29 is 44.0 Å². The van der Waals surface area contributed by atoms with Crippen molar-refractivity contribution in [2.45, 2.75) is 7.43 Å². The Morgan fingerprint density at radius 3 is 1.68 bits per heavy atom. The average molecular weight is 514 g/mol. The molecule has 2 aromatic rings. The lowest BCUT2D eigenvalue weighted by Crippen LogP contribution is -2.49. The van der Waals surface area contributed by atoms with Crippen LogP contribution in [0.4, 0.5) is 22.0 Å². The van der Waals surface area contributed by atoms with E-state index in [4.69, 9.17) is 9.47 Å². The van der Waals surface area contributed by atoms with Crippen molar-refractivity contribution in [1.82, 2.24) is 4.90 Å². The Balaban J connectivity index is 0.000000331. The summed E-state index contributed by atoms with van der Waals surface area (Å²) in [4.78, 5) is 2.04. The predicted molar refractivity (Wildman–Crippen MR) is 117 cm³/mol. The van der Waals surface area contributed by atoms with Crippen LogP contribution in [0.1, 0.15) is 7.43 Å². The van der Waals surface area contributed by atoms with Gasteiger partial charge in [-0.1, -0.05) is 7.43 Å². The standard InChI is InChI=1S/C12H14F3NO.C9H10F2O4S.CH4/c13-6-9-7-16(8-9)1-2-17-12-4-10(14)3-11(15)5-12;1-16(12,13)15-3-2-14-9-5-7(10)4-8(11)6-9;/h3-5,9H,1-2,6-8H2;4-6H,2-3H2,1H3;1H4. The second-order valence-electron chi connectivity index (χ2n) is 7.21. The van der Waals surface area contributed by atoms with Gasteiger partial charge in [-0.2, -0.15) is 8.42 Å². The molecule has 0 aliphatic carbocycles. The first-order chi connectivity index (χ1) is 15.5. The first kappa shape index (κ1) is 29.6. The number of hydrogen-bond donors (Lipinski definition) is 0. The molecule has 0 aromatic heterocycles. The molecular weight excluding hydrogens is 485 g/mol. The second-order valence-corrected chi connectivity index (χ2v) is 8.86. The minimum atomic E-state index is -3.52. The maximum absolute atomic E-state index is 12.8. The van der Waals surface area contributed by atoms with E-state index in [1.807, 2.05) is 4.90 Å². The molecular formula is C22H28F5NO5S. The van der Waals surface area contributed by atoms with E-state index in [1.165, 1.54) is 0 Å². The molecule has 192 valence electrons. The normalized spacial score (nSPS) is 13.8. The van der Waals surface area contributed by atoms with Crippen LogP contribution in [0.5, 0.6) is 11.5 Å². The fourth-order valence-electron chi connectivity index (χ4n) is 2.82. The minimum absolute atomic E-state index is 0. The minimum Gasteiger partial charge on any atom is -0.492 e. The molecule has 1 aliphatic heterocycles. The van der Waals surface area contributed by atoms with Gasteiger partial charge in [-0.05, 0) is 0 Å². The molecule has 0 spiro atoms. The summed E-state index contributed by atoms with van der Waals surface area (Å²) in [7, 11) is -3.52. The Labute approximate surface area is 196 Å². The van der Waals surface area contributed by atoms with Crippen LogP contribution in [0.2, 0.25) is 0 Å². The zero-order chi connectivity index (χ0) is 24.4. The van der Waals surface area contributed by atoms with Crippen molar-refractivity contribution in [3.05, 3.63) is 59.7 Å². The zero-order valence-corrected chi connectivity index (χ0v) is 18.6. The molecule has 1 fully saturated rings. The lowest BCUT2D eigenvalue weighted by Gasteiger charge is -2.37. The summed E-state index contributed by atoms with van der Waals surface area (Å²) < 4.78 is 98.7. The molecule has 12 heteroatoms. The fourth-order valence-corrected chi connectivity index (χ4v) is 3.19. The molecule has 2 aromatic carbocycles. The largest absolute Gasteiger partial charge is 0.492 e. The smallest absolute Gasteiger partial charge is 0.264 e. The number of benzene rings is 2. The lowest BCUT2D eigenvalue weighted by molar-refractivity contribution is 0.0667. The van der Waals surface area contributed by atoms with Gasteiger partial charge in [0.25, 0.3) is 10.1 Å². The van der Waals surface area contributed by atoms with Crippen LogP contribution in [-0.4, -0.2) is 65.7 Å². The quantitative estimate of drug-likeness (QED) is 0.270. The van der Waals surface area contributed by atoms with E-state index >= 15 is 0 Å². The van der Waals surface area contributed by atoms with Crippen molar-refractivity contribution in [2.24, 2.45) is 5.92 Å². The summed E-state index contributed by atoms with van der Waals surface area (Å²) in [6.45, 7) is 1.85. The Morgan fingerprint density at radius 1 is 0.824 bits per heavy atom. The first-order valence-electron chi connectivity index (χ1n) is 9.84. The monoisotopic (exact) mass is 513 g/mol. The van der Waals surface area contributed by atoms with E-state index in [-0.39, 0.29) is 44.7 Å². The summed E-state index contributed by atoms with van der Waals surface area (Å²) in [5.74, 6) is -2.53. The predicted octanol–water partition coefficient (Wildman–Crippen LogP) is 4.20. The van der Waals surface area contributed by atoms with Gasteiger partial charge in [-0.3, -0.25) is 13.5 Å². The van der Waals surface area contributed by atoms with Crippen LogP contribution in [0, 0.1) is 29.2 Å². The van der Waals surface area contributed by atoms with E-state index in [0.29, 0.717) is 19.2 Å². The first-order valence-corrected chi connectivity index (χ1v) is 11.7. The highest BCUT2D eigenvalue weighted by atomic mass is 32.2. The third kappa shape index (κ3) is 11.6. The van der Waals surface area contributed by atoms with Gasteiger partial charge in [-0.25, -0.2) is 17.6 Å². The van der Waals surface area contributed by atoms with E-state index in [0.717, 1.165) is 49.7 Å². The van der Waals surface area contributed by atoms with Crippen LogP contribution < -0.4 is 9.47 Å². The molecule has 0 N–H and O–H groups in total. The molecule has 0 saturated carbocycles. The summed E-state index contributed by atoms with van der Waals surface area (Å²) in [6, 6.07) is 5.77. The summed E-state index contributed by atoms with van der Waals surface area (Å²) in [6.07, 6.45) is 0.898. The molecule has 0 bridgehead atoms. The number of hydrogen-bond acceptors (Lipinski definition) is 6. The highest BCUT2D eigenvalue weighted by Gasteiger charge is 2.25. The Bertz CT molecular complexity index is 963. The second kappa shape index (κ2) is 14.1. The molecule has 6 nitrogen and oxygen atoms in total. The molecule has 0 unspecified atom stereocenters. The summed E-state index contributed by atoms with van der Waals surface area (Å²) >= 11 is 0. The SMILES string of the molecule is C.CS(=O)(=O)OCCOc1cc(F)cc(F)c1.FCC1CN(CCOc2cc(F)cc(F)c2)C1. The van der Waals surface area contributed by atoms with Gasteiger partial charge in [0.05, 0.1) is 12.9 Å². The van der Waals surface area contributed by atoms with Crippen LogP contribution in [-0.2, 0) is 14.3 Å². The van der Waals surface area contributed by atoms with E-state index in [2.05, 4.69) is 4.18 Å². The highest BCUT2D eigenvalue weighted by Crippen LogP contribution is 2.18. The molecule has 1 heterocycles. The third-order valence-corrected chi connectivity index (χ3v) is 4.84. The van der Waals surface area contributed by atoms with Crippen LogP contribution in [0.3, 0.4) is 0 Å². The molecule has 1 aliphatic rings. The van der Waals surface area contributed by atoms with Crippen molar-refractivity contribution in [3.8, 4) is 11.5 Å². The van der Waals surface area contributed by atoms with Gasteiger partial charge < -0.3 is 9.47 Å². The number of alkyl halides is 1. The molecule has 0 amide bonds. The van der Waals surface area contributed by atoms with Gasteiger partial charge in [0.2, 0.25) is 0 Å². The van der Waals surface area contributed by atoms with E-state index < -0.39 is 33.4 Å². The van der Waals surface area contributed by atoms with Crippen molar-refractivity contribution in [2.75, 3.05) is 52.4 Å². The van der Waals surface area contributed by atoms with Gasteiger partial charge >= 0.3 is 0 Å². The van der Waals surface area contributed by atoms with Gasteiger partial charge in [-0.15, -0.1) is 0 Å². The topological polar surface area (TPSA) is 65.1 Å². The molecule has 3 rings (SSSR count). The molecule has 1 saturated heterocycles. The van der Waals surface area contributed by atoms with Gasteiger partial charge in [0.15, 0.2) is 0 Å². The van der Waals surface area contributed by atoms with Crippen LogP contribution in [0.25, 0.3) is 0 Å². The van der Waals surface area contributed by atoms with E-state index in [1.54, 1.807) is 0 Å². The molecule has 34 heavy (non-hydrogen) atoms. The number of nitrogens with zero attached hydrogens (tertiary/aromatic N) is 1. The Kier molecular flexibility index (Phi) is 12.2. The summed E-state index contributed by atoms with van der Waals surface area (Å²) in [5, 5.41) is 0. The van der Waals surface area contributed by atoms with E-state index in [9.17, 15) is 30.4 Å². The molecule has 0 radical (unpaired) electrons. The maximum Gasteiger partial charge on any atom is 0.264 e. The van der Waals surface area contributed by atoms with Crippen molar-refractivity contribution in [1.29, 1.82) is 0 Å². The van der Waals surface area contributed by atoms with Gasteiger partial charge in [0, 0.05) is 62.0 Å². The molecule has 0 atom stereocenters. The zero-order valence-electron chi connectivity index (χ0n) is 17.8. The number of likely N-dealkylation sites (tertiary alicyclic amines) is 1. The van der Waals surface area contributed by atoms with Crippen LogP contribution >= 0.6 is 0 Å². The van der Waals surface area contributed by atoms with Gasteiger partial charge in [0.1, 0.15) is 54.6 Å². The third-order valence-electron chi connectivity index (χ3n) is 4.25.